The SMILES string of the molecule is CN(C)S(=O)(=O)c1cc(NC(=O)CSc2nnc(N3CCCC3)n2C2CC2)ccc1Cl. The minimum atomic E-state index is -3.72. The molecule has 2 aliphatic rings. The van der Waals surface area contributed by atoms with Crippen molar-refractivity contribution in [2.75, 3.05) is 43.2 Å². The number of nitrogens with zero attached hydrogens (tertiary/aromatic N) is 5. The highest BCUT2D eigenvalue weighted by Crippen LogP contribution is 2.41. The van der Waals surface area contributed by atoms with E-state index in [2.05, 4.69) is 25.0 Å². The Morgan fingerprint density at radius 2 is 1.97 bits per heavy atom. The van der Waals surface area contributed by atoms with Crippen LogP contribution in [0.1, 0.15) is 31.7 Å². The molecule has 0 unspecified atom stereocenters. The number of benzene rings is 1. The molecule has 1 amide bonds. The summed E-state index contributed by atoms with van der Waals surface area (Å²) in [5.41, 5.74) is 0.372. The summed E-state index contributed by atoms with van der Waals surface area (Å²) < 4.78 is 28.1. The Hall–Kier alpha value is -1.82. The van der Waals surface area contributed by atoms with E-state index in [0.717, 1.165) is 54.2 Å². The Morgan fingerprint density at radius 3 is 2.61 bits per heavy atom. The van der Waals surface area contributed by atoms with Crippen molar-refractivity contribution in [3.63, 3.8) is 0 Å². The van der Waals surface area contributed by atoms with Gasteiger partial charge in [-0.25, -0.2) is 12.7 Å². The lowest BCUT2D eigenvalue weighted by atomic mass is 10.3. The quantitative estimate of drug-likeness (QED) is 0.575. The van der Waals surface area contributed by atoms with Gasteiger partial charge in [-0.3, -0.25) is 9.36 Å². The van der Waals surface area contributed by atoms with Crippen molar-refractivity contribution in [1.29, 1.82) is 0 Å². The molecule has 2 fully saturated rings. The second-order valence-electron chi connectivity index (χ2n) is 7.85. The zero-order chi connectivity index (χ0) is 22.2. The van der Waals surface area contributed by atoms with E-state index in [9.17, 15) is 13.2 Å². The van der Waals surface area contributed by atoms with E-state index in [1.165, 1.54) is 38.0 Å². The Kier molecular flexibility index (Phi) is 6.47. The molecule has 1 aliphatic heterocycles. The standard InChI is InChI=1S/C19H25ClN6O3S2/c1-24(2)31(28,29)16-11-13(5-8-15(16)20)21-17(27)12-30-19-23-22-18(25-9-3-4-10-25)26(19)14-6-7-14/h5,8,11,14H,3-4,6-7,9-10,12H2,1-2H3,(H,21,27). The lowest BCUT2D eigenvalue weighted by Crippen LogP contribution is -2.23. The third-order valence-corrected chi connectivity index (χ3v) is 8.49. The van der Waals surface area contributed by atoms with Crippen LogP contribution in [-0.4, -0.2) is 66.3 Å². The maximum Gasteiger partial charge on any atom is 0.244 e. The van der Waals surface area contributed by atoms with E-state index in [1.54, 1.807) is 6.07 Å². The van der Waals surface area contributed by atoms with Gasteiger partial charge in [0.05, 0.1) is 10.8 Å². The van der Waals surface area contributed by atoms with Gasteiger partial charge in [-0.1, -0.05) is 23.4 Å². The van der Waals surface area contributed by atoms with Gasteiger partial charge in [0.15, 0.2) is 5.16 Å². The van der Waals surface area contributed by atoms with Crippen molar-refractivity contribution in [3.8, 4) is 0 Å². The fraction of sp³-hybridized carbons (Fsp3) is 0.526. The van der Waals surface area contributed by atoms with Crippen LogP contribution in [0.15, 0.2) is 28.3 Å². The van der Waals surface area contributed by atoms with Crippen LogP contribution in [0.2, 0.25) is 5.02 Å². The van der Waals surface area contributed by atoms with Crippen molar-refractivity contribution < 1.29 is 13.2 Å². The molecule has 1 aromatic heterocycles. The van der Waals surface area contributed by atoms with E-state index in [4.69, 9.17) is 11.6 Å². The van der Waals surface area contributed by atoms with Crippen LogP contribution in [0, 0.1) is 0 Å². The van der Waals surface area contributed by atoms with Gasteiger partial charge in [-0.05, 0) is 43.9 Å². The van der Waals surface area contributed by atoms with Gasteiger partial charge in [0, 0.05) is 38.9 Å². The summed E-state index contributed by atoms with van der Waals surface area (Å²) in [5.74, 6) is 0.788. The van der Waals surface area contributed by atoms with Crippen LogP contribution in [0.4, 0.5) is 11.6 Å². The van der Waals surface area contributed by atoms with E-state index in [1.807, 2.05) is 0 Å². The number of thioether (sulfide) groups is 1. The first kappa shape index (κ1) is 22.4. The highest BCUT2D eigenvalue weighted by Gasteiger charge is 2.32. The van der Waals surface area contributed by atoms with Gasteiger partial charge in [-0.15, -0.1) is 10.2 Å². The third kappa shape index (κ3) is 4.84. The van der Waals surface area contributed by atoms with Crippen molar-refractivity contribution in [1.82, 2.24) is 19.1 Å². The maximum absolute atomic E-state index is 12.5. The molecule has 0 bridgehead atoms. The summed E-state index contributed by atoms with van der Waals surface area (Å²) in [7, 11) is -0.855. The van der Waals surface area contributed by atoms with Crippen LogP contribution in [0.5, 0.6) is 0 Å². The number of amides is 1. The molecule has 1 aromatic carbocycles. The van der Waals surface area contributed by atoms with Gasteiger partial charge in [0.25, 0.3) is 0 Å². The Bertz CT molecular complexity index is 1080. The van der Waals surface area contributed by atoms with E-state index in [0.29, 0.717) is 11.7 Å². The molecular formula is C19H25ClN6O3S2. The monoisotopic (exact) mass is 484 g/mol. The third-order valence-electron chi connectivity index (χ3n) is 5.25. The summed E-state index contributed by atoms with van der Waals surface area (Å²) in [5, 5.41) is 12.3. The molecule has 0 atom stereocenters. The van der Waals surface area contributed by atoms with Crippen molar-refractivity contribution >= 4 is 50.9 Å². The number of carbonyl (C=O) groups is 1. The molecule has 1 aliphatic carbocycles. The molecule has 1 N–H and O–H groups in total. The molecule has 2 heterocycles. The Labute approximate surface area is 191 Å². The molecule has 0 radical (unpaired) electrons. The molecule has 9 nitrogen and oxygen atoms in total. The molecule has 0 spiro atoms. The molecule has 168 valence electrons. The molecule has 1 saturated heterocycles. The van der Waals surface area contributed by atoms with Crippen LogP contribution in [-0.2, 0) is 14.8 Å². The molecular weight excluding hydrogens is 460 g/mol. The minimum absolute atomic E-state index is 0.0478. The lowest BCUT2D eigenvalue weighted by molar-refractivity contribution is -0.113. The second-order valence-corrected chi connectivity index (χ2v) is 11.3. The number of hydrogen-bond donors (Lipinski definition) is 1. The van der Waals surface area contributed by atoms with E-state index < -0.39 is 10.0 Å². The average molecular weight is 485 g/mol. The number of hydrogen-bond acceptors (Lipinski definition) is 7. The van der Waals surface area contributed by atoms with Gasteiger partial charge >= 0.3 is 0 Å². The highest BCUT2D eigenvalue weighted by atomic mass is 35.5. The zero-order valence-electron chi connectivity index (χ0n) is 17.4. The summed E-state index contributed by atoms with van der Waals surface area (Å²) in [6, 6.07) is 4.83. The predicted molar refractivity (Wildman–Crippen MR) is 121 cm³/mol. The summed E-state index contributed by atoms with van der Waals surface area (Å²) >= 11 is 7.41. The lowest BCUT2D eigenvalue weighted by Gasteiger charge is -2.18. The number of sulfonamides is 1. The molecule has 31 heavy (non-hydrogen) atoms. The average Bonchev–Trinajstić information content (AvgIpc) is 3.24. The Morgan fingerprint density at radius 1 is 1.26 bits per heavy atom. The minimum Gasteiger partial charge on any atom is -0.341 e. The largest absolute Gasteiger partial charge is 0.341 e. The Balaban J connectivity index is 1.44. The predicted octanol–water partition coefficient (Wildman–Crippen LogP) is 2.85. The highest BCUT2D eigenvalue weighted by molar-refractivity contribution is 7.99. The van der Waals surface area contributed by atoms with Crippen molar-refractivity contribution in [3.05, 3.63) is 23.2 Å². The van der Waals surface area contributed by atoms with E-state index in [-0.39, 0.29) is 21.6 Å². The van der Waals surface area contributed by atoms with Gasteiger partial charge in [-0.2, -0.15) is 0 Å². The van der Waals surface area contributed by atoms with Crippen LogP contribution >= 0.6 is 23.4 Å². The number of anilines is 2. The summed E-state index contributed by atoms with van der Waals surface area (Å²) in [6.07, 6.45) is 4.53. The normalized spacial score (nSPS) is 16.8. The molecule has 4 rings (SSSR count). The first-order valence-electron chi connectivity index (χ1n) is 10.1. The maximum atomic E-state index is 12.5. The fourth-order valence-electron chi connectivity index (χ4n) is 3.46. The van der Waals surface area contributed by atoms with E-state index >= 15 is 0 Å². The zero-order valence-corrected chi connectivity index (χ0v) is 19.8. The molecule has 2 aromatic rings. The molecule has 12 heteroatoms. The number of rotatable bonds is 8. The van der Waals surface area contributed by atoms with Gasteiger partial charge in [0.2, 0.25) is 21.9 Å². The van der Waals surface area contributed by atoms with Gasteiger partial charge in [0.1, 0.15) is 4.90 Å². The fourth-order valence-corrected chi connectivity index (χ4v) is 5.65. The number of halogens is 1. The number of aromatic nitrogens is 3. The van der Waals surface area contributed by atoms with Crippen molar-refractivity contribution in [2.24, 2.45) is 0 Å². The smallest absolute Gasteiger partial charge is 0.244 e. The number of carbonyl (C=O) groups excluding carboxylic acids is 1. The van der Waals surface area contributed by atoms with Gasteiger partial charge < -0.3 is 10.2 Å². The first-order chi connectivity index (χ1) is 14.8. The number of nitrogens with one attached hydrogen (secondary N) is 1. The van der Waals surface area contributed by atoms with Crippen LogP contribution in [0.25, 0.3) is 0 Å². The first-order valence-corrected chi connectivity index (χ1v) is 12.9. The second kappa shape index (κ2) is 8.97. The summed E-state index contributed by atoms with van der Waals surface area (Å²) in [4.78, 5) is 14.7. The van der Waals surface area contributed by atoms with Crippen LogP contribution in [0.3, 0.4) is 0 Å². The summed E-state index contributed by atoms with van der Waals surface area (Å²) in [6.45, 7) is 1.98. The molecule has 1 saturated carbocycles. The topological polar surface area (TPSA) is 100 Å². The van der Waals surface area contributed by atoms with Crippen molar-refractivity contribution in [2.45, 2.75) is 41.8 Å². The van der Waals surface area contributed by atoms with Crippen LogP contribution < -0.4 is 10.2 Å².